The Morgan fingerprint density at radius 2 is 1.69 bits per heavy atom. The zero-order valence-electron chi connectivity index (χ0n) is 14.5. The van der Waals surface area contributed by atoms with Gasteiger partial charge >= 0.3 is 0 Å². The number of benzene rings is 2. The van der Waals surface area contributed by atoms with Gasteiger partial charge in [0.05, 0.1) is 4.92 Å². The van der Waals surface area contributed by atoms with Crippen LogP contribution in [0.15, 0.2) is 54.6 Å². The molecule has 0 aliphatic carbocycles. The smallest absolute Gasteiger partial charge is 0.269 e. The fraction of sp³-hybridized carbons (Fsp3) is 0.316. The number of non-ortho nitro benzene ring substituents is 1. The Bertz CT molecular complexity index is 744. The van der Waals surface area contributed by atoms with E-state index in [1.54, 1.807) is 12.1 Å². The zero-order valence-corrected chi connectivity index (χ0v) is 15.3. The number of nitrogens with zero attached hydrogens (tertiary/aromatic N) is 3. The maximum absolute atomic E-state index is 10.7. The molecular formula is C19H22N4O2S. The predicted molar refractivity (Wildman–Crippen MR) is 108 cm³/mol. The van der Waals surface area contributed by atoms with Crippen LogP contribution in [0.2, 0.25) is 0 Å². The van der Waals surface area contributed by atoms with Crippen LogP contribution in [0.1, 0.15) is 5.56 Å². The first-order chi connectivity index (χ1) is 12.6. The monoisotopic (exact) mass is 370 g/mol. The molecular weight excluding hydrogens is 348 g/mol. The molecule has 26 heavy (non-hydrogen) atoms. The highest BCUT2D eigenvalue weighted by Gasteiger charge is 2.19. The summed E-state index contributed by atoms with van der Waals surface area (Å²) in [5.74, 6) is 0. The molecule has 6 nitrogen and oxygen atoms in total. The fourth-order valence-electron chi connectivity index (χ4n) is 3.02. The van der Waals surface area contributed by atoms with Crippen molar-refractivity contribution in [3.05, 3.63) is 70.3 Å². The van der Waals surface area contributed by atoms with E-state index in [1.165, 1.54) is 5.56 Å². The number of anilines is 1. The highest BCUT2D eigenvalue weighted by molar-refractivity contribution is 7.80. The lowest BCUT2D eigenvalue weighted by molar-refractivity contribution is -0.384. The number of rotatable bonds is 5. The summed E-state index contributed by atoms with van der Waals surface area (Å²) in [4.78, 5) is 14.8. The predicted octanol–water partition coefficient (Wildman–Crippen LogP) is 2.83. The van der Waals surface area contributed by atoms with Crippen molar-refractivity contribution < 1.29 is 4.92 Å². The van der Waals surface area contributed by atoms with Crippen molar-refractivity contribution in [2.75, 3.05) is 37.6 Å². The molecule has 1 fully saturated rings. The lowest BCUT2D eigenvalue weighted by Gasteiger charge is -2.37. The quantitative estimate of drug-likeness (QED) is 0.496. The van der Waals surface area contributed by atoms with Gasteiger partial charge in [0, 0.05) is 50.5 Å². The Morgan fingerprint density at radius 3 is 2.31 bits per heavy atom. The SMILES string of the molecule is O=[N+]([O-])c1ccc(N2CCN(C(=S)NCCc3ccccc3)CC2)cc1. The molecule has 1 aliphatic heterocycles. The molecule has 0 saturated carbocycles. The van der Waals surface area contributed by atoms with Gasteiger partial charge in [-0.05, 0) is 36.3 Å². The van der Waals surface area contributed by atoms with Crippen LogP contribution in [0.25, 0.3) is 0 Å². The van der Waals surface area contributed by atoms with E-state index in [0.717, 1.165) is 49.9 Å². The van der Waals surface area contributed by atoms with Gasteiger partial charge in [-0.3, -0.25) is 10.1 Å². The zero-order chi connectivity index (χ0) is 18.4. The van der Waals surface area contributed by atoms with E-state index in [1.807, 2.05) is 30.3 Å². The lowest BCUT2D eigenvalue weighted by Crippen LogP contribution is -2.52. The number of nitro groups is 1. The number of piperazine rings is 1. The number of nitro benzene ring substituents is 1. The summed E-state index contributed by atoms with van der Waals surface area (Å²) >= 11 is 5.51. The minimum Gasteiger partial charge on any atom is -0.368 e. The Hall–Kier alpha value is -2.67. The Kier molecular flexibility index (Phi) is 6.01. The molecule has 0 unspecified atom stereocenters. The maximum Gasteiger partial charge on any atom is 0.269 e. The van der Waals surface area contributed by atoms with Crippen molar-refractivity contribution in [1.29, 1.82) is 0 Å². The van der Waals surface area contributed by atoms with Gasteiger partial charge in [0.1, 0.15) is 0 Å². The molecule has 0 radical (unpaired) electrons. The summed E-state index contributed by atoms with van der Waals surface area (Å²) in [5.41, 5.74) is 2.43. The average molecular weight is 370 g/mol. The fourth-order valence-corrected chi connectivity index (χ4v) is 3.31. The molecule has 1 N–H and O–H groups in total. The third-order valence-electron chi connectivity index (χ3n) is 4.53. The summed E-state index contributed by atoms with van der Waals surface area (Å²) in [7, 11) is 0. The van der Waals surface area contributed by atoms with Crippen LogP contribution >= 0.6 is 12.2 Å². The molecule has 0 bridgehead atoms. The van der Waals surface area contributed by atoms with E-state index in [0.29, 0.717) is 0 Å². The van der Waals surface area contributed by atoms with Crippen LogP contribution < -0.4 is 10.2 Å². The van der Waals surface area contributed by atoms with Crippen molar-refractivity contribution in [2.24, 2.45) is 0 Å². The molecule has 2 aromatic carbocycles. The average Bonchev–Trinajstić information content (AvgIpc) is 2.69. The molecule has 7 heteroatoms. The van der Waals surface area contributed by atoms with Crippen LogP contribution in [0, 0.1) is 10.1 Å². The minimum atomic E-state index is -0.374. The Morgan fingerprint density at radius 1 is 1.04 bits per heavy atom. The van der Waals surface area contributed by atoms with Gasteiger partial charge in [-0.15, -0.1) is 0 Å². The third-order valence-corrected chi connectivity index (χ3v) is 4.93. The summed E-state index contributed by atoms with van der Waals surface area (Å²) in [5, 5.41) is 14.9. The van der Waals surface area contributed by atoms with E-state index < -0.39 is 0 Å². The number of thiocarbonyl (C=S) groups is 1. The van der Waals surface area contributed by atoms with E-state index >= 15 is 0 Å². The van der Waals surface area contributed by atoms with Gasteiger partial charge in [-0.2, -0.15) is 0 Å². The number of nitrogens with one attached hydrogen (secondary N) is 1. The normalized spacial score (nSPS) is 14.2. The standard InChI is InChI=1S/C19H22N4O2S/c24-23(25)18-8-6-17(7-9-18)21-12-14-22(15-13-21)19(26)20-11-10-16-4-2-1-3-5-16/h1-9H,10-15H2,(H,20,26). The van der Waals surface area contributed by atoms with E-state index in [4.69, 9.17) is 12.2 Å². The molecule has 1 aliphatic rings. The maximum atomic E-state index is 10.7. The second-order valence-electron chi connectivity index (χ2n) is 6.22. The molecule has 136 valence electrons. The first kappa shape index (κ1) is 18.1. The molecule has 0 amide bonds. The van der Waals surface area contributed by atoms with Gasteiger partial charge in [-0.25, -0.2) is 0 Å². The van der Waals surface area contributed by atoms with E-state index in [2.05, 4.69) is 27.2 Å². The number of hydrogen-bond acceptors (Lipinski definition) is 4. The van der Waals surface area contributed by atoms with Gasteiger partial charge < -0.3 is 15.1 Å². The summed E-state index contributed by atoms with van der Waals surface area (Å²) in [6.07, 6.45) is 0.948. The van der Waals surface area contributed by atoms with Crippen molar-refractivity contribution in [1.82, 2.24) is 10.2 Å². The highest BCUT2D eigenvalue weighted by atomic mass is 32.1. The molecule has 0 aromatic heterocycles. The molecule has 0 spiro atoms. The van der Waals surface area contributed by atoms with Crippen LogP contribution in [-0.2, 0) is 6.42 Å². The first-order valence-corrected chi connectivity index (χ1v) is 9.10. The van der Waals surface area contributed by atoms with Gasteiger partial charge in [-0.1, -0.05) is 30.3 Å². The van der Waals surface area contributed by atoms with Crippen molar-refractivity contribution >= 4 is 28.7 Å². The van der Waals surface area contributed by atoms with Crippen molar-refractivity contribution in [3.63, 3.8) is 0 Å². The second kappa shape index (κ2) is 8.62. The molecule has 3 rings (SSSR count). The Balaban J connectivity index is 1.44. The van der Waals surface area contributed by atoms with Gasteiger partial charge in [0.25, 0.3) is 5.69 Å². The van der Waals surface area contributed by atoms with Crippen LogP contribution in [0.4, 0.5) is 11.4 Å². The summed E-state index contributed by atoms with van der Waals surface area (Å²) in [6, 6.07) is 17.1. The van der Waals surface area contributed by atoms with Crippen molar-refractivity contribution in [2.45, 2.75) is 6.42 Å². The molecule has 0 atom stereocenters. The summed E-state index contributed by atoms with van der Waals surface area (Å²) < 4.78 is 0. The Labute approximate surface area is 158 Å². The molecule has 1 saturated heterocycles. The second-order valence-corrected chi connectivity index (χ2v) is 6.60. The van der Waals surface area contributed by atoms with Crippen LogP contribution in [-0.4, -0.2) is 47.7 Å². The van der Waals surface area contributed by atoms with Gasteiger partial charge in [0.2, 0.25) is 0 Å². The van der Waals surface area contributed by atoms with Crippen molar-refractivity contribution in [3.8, 4) is 0 Å². The lowest BCUT2D eigenvalue weighted by atomic mass is 10.1. The summed E-state index contributed by atoms with van der Waals surface area (Å²) in [6.45, 7) is 4.20. The van der Waals surface area contributed by atoms with E-state index in [-0.39, 0.29) is 10.6 Å². The van der Waals surface area contributed by atoms with Crippen LogP contribution in [0.3, 0.4) is 0 Å². The van der Waals surface area contributed by atoms with Crippen LogP contribution in [0.5, 0.6) is 0 Å². The largest absolute Gasteiger partial charge is 0.368 e. The first-order valence-electron chi connectivity index (χ1n) is 8.69. The van der Waals surface area contributed by atoms with Gasteiger partial charge in [0.15, 0.2) is 5.11 Å². The third kappa shape index (κ3) is 4.70. The minimum absolute atomic E-state index is 0.121. The highest BCUT2D eigenvalue weighted by Crippen LogP contribution is 2.20. The molecule has 1 heterocycles. The topological polar surface area (TPSA) is 61.7 Å². The molecule has 2 aromatic rings. The van der Waals surface area contributed by atoms with E-state index in [9.17, 15) is 10.1 Å². The number of hydrogen-bond donors (Lipinski definition) is 1.